The molecule has 0 fully saturated rings. The SMILES string of the molecule is CCCC/C=C/[C@H](O[Si](C)(C)C(C)(C)C)C(C)(C)C. The highest BCUT2D eigenvalue weighted by Crippen LogP contribution is 2.39. The van der Waals surface area contributed by atoms with Gasteiger partial charge < -0.3 is 4.43 Å². The van der Waals surface area contributed by atoms with Crippen molar-refractivity contribution in [2.24, 2.45) is 5.41 Å². The summed E-state index contributed by atoms with van der Waals surface area (Å²) in [6.07, 6.45) is 8.54. The van der Waals surface area contributed by atoms with Crippen LogP contribution in [0.15, 0.2) is 12.2 Å². The van der Waals surface area contributed by atoms with Gasteiger partial charge in [-0.2, -0.15) is 0 Å². The van der Waals surface area contributed by atoms with E-state index >= 15 is 0 Å². The summed E-state index contributed by atoms with van der Waals surface area (Å²) in [6.45, 7) is 20.6. The van der Waals surface area contributed by atoms with Crippen LogP contribution in [-0.4, -0.2) is 14.4 Å². The minimum absolute atomic E-state index is 0.165. The van der Waals surface area contributed by atoms with E-state index in [0.717, 1.165) is 0 Å². The summed E-state index contributed by atoms with van der Waals surface area (Å²) >= 11 is 0. The largest absolute Gasteiger partial charge is 0.410 e. The van der Waals surface area contributed by atoms with Crippen LogP contribution >= 0.6 is 0 Å². The second-order valence-electron chi connectivity index (χ2n) is 8.24. The lowest BCUT2D eigenvalue weighted by Gasteiger charge is -2.42. The maximum atomic E-state index is 6.60. The van der Waals surface area contributed by atoms with Gasteiger partial charge in [0.15, 0.2) is 8.32 Å². The fourth-order valence-corrected chi connectivity index (χ4v) is 2.96. The van der Waals surface area contributed by atoms with Crippen LogP contribution in [0.5, 0.6) is 0 Å². The molecule has 1 nitrogen and oxygen atoms in total. The molecule has 0 bridgehead atoms. The van der Waals surface area contributed by atoms with Crippen LogP contribution in [0, 0.1) is 5.41 Å². The Morgan fingerprint density at radius 3 is 1.95 bits per heavy atom. The van der Waals surface area contributed by atoms with E-state index in [1.807, 2.05) is 0 Å². The van der Waals surface area contributed by atoms with Gasteiger partial charge >= 0.3 is 0 Å². The zero-order valence-corrected chi connectivity index (χ0v) is 15.8. The summed E-state index contributed by atoms with van der Waals surface area (Å²) in [5.41, 5.74) is 0.165. The predicted molar refractivity (Wildman–Crippen MR) is 90.2 cm³/mol. The summed E-state index contributed by atoms with van der Waals surface area (Å²) in [6, 6.07) is 0. The van der Waals surface area contributed by atoms with Crippen LogP contribution in [-0.2, 0) is 4.43 Å². The standard InChI is InChI=1S/C17H36OSi/c1-10-11-12-13-14-15(16(2,3)4)18-19(8,9)17(5,6)7/h13-15H,10-12H2,1-9H3/b14-13+/t15-/m0/s1. The molecule has 19 heavy (non-hydrogen) atoms. The van der Waals surface area contributed by atoms with Crippen molar-refractivity contribution in [1.29, 1.82) is 0 Å². The molecule has 0 spiro atoms. The van der Waals surface area contributed by atoms with E-state index in [9.17, 15) is 0 Å². The van der Waals surface area contributed by atoms with E-state index in [4.69, 9.17) is 4.43 Å². The summed E-state index contributed by atoms with van der Waals surface area (Å²) in [7, 11) is -1.70. The Hall–Kier alpha value is -0.0831. The molecule has 0 radical (unpaired) electrons. The molecule has 0 amide bonds. The fourth-order valence-electron chi connectivity index (χ4n) is 1.54. The summed E-state index contributed by atoms with van der Waals surface area (Å²) < 4.78 is 6.60. The molecule has 0 N–H and O–H groups in total. The lowest BCUT2D eigenvalue weighted by Crippen LogP contribution is -2.46. The molecule has 0 heterocycles. The summed E-state index contributed by atoms with van der Waals surface area (Å²) in [4.78, 5) is 0. The van der Waals surface area contributed by atoms with Gasteiger partial charge in [-0.3, -0.25) is 0 Å². The number of hydrogen-bond donors (Lipinski definition) is 0. The number of hydrogen-bond acceptors (Lipinski definition) is 1. The molecule has 0 rings (SSSR count). The summed E-state index contributed by atoms with van der Waals surface area (Å²) in [5, 5.41) is 0.272. The van der Waals surface area contributed by atoms with Gasteiger partial charge in [0.2, 0.25) is 0 Å². The van der Waals surface area contributed by atoms with Crippen LogP contribution in [0.25, 0.3) is 0 Å². The summed E-state index contributed by atoms with van der Waals surface area (Å²) in [5.74, 6) is 0. The first-order chi connectivity index (χ1) is 8.42. The normalized spacial score (nSPS) is 16.1. The van der Waals surface area contributed by atoms with Gasteiger partial charge in [-0.15, -0.1) is 0 Å². The molecule has 1 atom stereocenters. The first-order valence-electron chi connectivity index (χ1n) is 7.76. The number of unbranched alkanes of at least 4 members (excludes halogenated alkanes) is 2. The van der Waals surface area contributed by atoms with Crippen molar-refractivity contribution in [3.8, 4) is 0 Å². The molecular formula is C17H36OSi. The zero-order chi connectivity index (χ0) is 15.3. The molecule has 0 aliphatic carbocycles. The average molecular weight is 285 g/mol. The third-order valence-corrected chi connectivity index (χ3v) is 8.57. The third-order valence-electron chi connectivity index (χ3n) is 4.12. The third kappa shape index (κ3) is 6.76. The highest BCUT2D eigenvalue weighted by molar-refractivity contribution is 6.74. The van der Waals surface area contributed by atoms with Crippen LogP contribution in [0.1, 0.15) is 67.7 Å². The average Bonchev–Trinajstić information content (AvgIpc) is 2.19. The molecule has 0 aromatic heterocycles. The van der Waals surface area contributed by atoms with Gasteiger partial charge in [-0.05, 0) is 30.0 Å². The van der Waals surface area contributed by atoms with Crippen LogP contribution in [0.3, 0.4) is 0 Å². The van der Waals surface area contributed by atoms with Crippen LogP contribution in [0.4, 0.5) is 0 Å². The van der Waals surface area contributed by atoms with Gasteiger partial charge in [0.1, 0.15) is 0 Å². The van der Waals surface area contributed by atoms with E-state index in [2.05, 4.69) is 73.7 Å². The topological polar surface area (TPSA) is 9.23 Å². The van der Waals surface area contributed by atoms with Gasteiger partial charge in [-0.1, -0.05) is 73.5 Å². The molecule has 0 aromatic rings. The predicted octanol–water partition coefficient (Wildman–Crippen LogP) is 6.17. The quantitative estimate of drug-likeness (QED) is 0.322. The van der Waals surface area contributed by atoms with Crippen molar-refractivity contribution in [1.82, 2.24) is 0 Å². The molecule has 0 aromatic carbocycles. The maximum absolute atomic E-state index is 6.60. The van der Waals surface area contributed by atoms with E-state index in [-0.39, 0.29) is 16.6 Å². The Morgan fingerprint density at radius 1 is 1.05 bits per heavy atom. The van der Waals surface area contributed by atoms with Crippen LogP contribution in [0.2, 0.25) is 18.1 Å². The number of allylic oxidation sites excluding steroid dienone is 1. The molecule has 2 heteroatoms. The van der Waals surface area contributed by atoms with Crippen molar-refractivity contribution in [3.05, 3.63) is 12.2 Å². The number of rotatable bonds is 6. The van der Waals surface area contributed by atoms with Gasteiger partial charge in [0.25, 0.3) is 0 Å². The highest BCUT2D eigenvalue weighted by Gasteiger charge is 2.40. The second kappa shape index (κ2) is 7.08. The maximum Gasteiger partial charge on any atom is 0.192 e. The Labute approximate surface area is 123 Å². The molecule has 114 valence electrons. The molecular weight excluding hydrogens is 248 g/mol. The Bertz CT molecular complexity index is 279. The smallest absolute Gasteiger partial charge is 0.192 e. The minimum Gasteiger partial charge on any atom is -0.410 e. The lowest BCUT2D eigenvalue weighted by atomic mass is 9.89. The molecule has 0 saturated heterocycles. The first-order valence-corrected chi connectivity index (χ1v) is 10.7. The minimum atomic E-state index is -1.70. The van der Waals surface area contributed by atoms with Crippen LogP contribution < -0.4 is 0 Å². The molecule has 0 saturated carbocycles. The Balaban J connectivity index is 4.85. The molecule has 0 unspecified atom stereocenters. The van der Waals surface area contributed by atoms with E-state index in [1.54, 1.807) is 0 Å². The fraction of sp³-hybridized carbons (Fsp3) is 0.882. The first kappa shape index (κ1) is 18.9. The van der Waals surface area contributed by atoms with Crippen molar-refractivity contribution in [2.75, 3.05) is 0 Å². The van der Waals surface area contributed by atoms with Gasteiger partial charge in [-0.25, -0.2) is 0 Å². The van der Waals surface area contributed by atoms with E-state index in [0.29, 0.717) is 0 Å². The highest BCUT2D eigenvalue weighted by atomic mass is 28.4. The second-order valence-corrected chi connectivity index (χ2v) is 13.0. The van der Waals surface area contributed by atoms with E-state index < -0.39 is 8.32 Å². The van der Waals surface area contributed by atoms with Crippen molar-refractivity contribution in [2.45, 2.75) is 92.0 Å². The van der Waals surface area contributed by atoms with Gasteiger partial charge in [0.05, 0.1) is 6.10 Å². The zero-order valence-electron chi connectivity index (χ0n) is 14.8. The monoisotopic (exact) mass is 284 g/mol. The van der Waals surface area contributed by atoms with Crippen molar-refractivity contribution >= 4 is 8.32 Å². The lowest BCUT2D eigenvalue weighted by molar-refractivity contribution is 0.113. The van der Waals surface area contributed by atoms with Gasteiger partial charge in [0, 0.05) is 0 Å². The Kier molecular flexibility index (Phi) is 7.05. The van der Waals surface area contributed by atoms with Crippen molar-refractivity contribution < 1.29 is 4.43 Å². The Morgan fingerprint density at radius 2 is 1.58 bits per heavy atom. The van der Waals surface area contributed by atoms with Crippen molar-refractivity contribution in [3.63, 3.8) is 0 Å². The molecule has 0 aliphatic rings. The molecule has 0 aliphatic heterocycles. The van der Waals surface area contributed by atoms with E-state index in [1.165, 1.54) is 19.3 Å².